The third-order valence-electron chi connectivity index (χ3n) is 6.95. The van der Waals surface area contributed by atoms with Crippen LogP contribution in [0.25, 0.3) is 0 Å². The van der Waals surface area contributed by atoms with Gasteiger partial charge in [-0.2, -0.15) is 0 Å². The summed E-state index contributed by atoms with van der Waals surface area (Å²) in [4.78, 5) is 2.83. The van der Waals surface area contributed by atoms with E-state index in [0.717, 1.165) is 17.9 Å². The Balaban J connectivity index is 1.64. The molecule has 106 valence electrons. The quantitative estimate of drug-likeness (QED) is 0.841. The Kier molecular flexibility index (Phi) is 2.20. The van der Waals surface area contributed by atoms with Crippen LogP contribution in [0.5, 0.6) is 0 Å². The number of para-hydroxylation sites is 1. The zero-order valence-corrected chi connectivity index (χ0v) is 12.3. The Hall–Kier alpha value is -1.02. The molecule has 1 aromatic rings. The van der Waals surface area contributed by atoms with Gasteiger partial charge in [-0.15, -0.1) is 0 Å². The number of fused-ring (bicyclic) bond motifs is 2. The Morgan fingerprint density at radius 1 is 1.30 bits per heavy atom. The molecule has 1 aromatic carbocycles. The van der Waals surface area contributed by atoms with E-state index in [1.165, 1.54) is 44.5 Å². The highest BCUT2D eigenvalue weighted by Gasteiger charge is 2.62. The second kappa shape index (κ2) is 3.79. The van der Waals surface area contributed by atoms with Gasteiger partial charge in [-0.1, -0.05) is 31.5 Å². The van der Waals surface area contributed by atoms with Gasteiger partial charge >= 0.3 is 0 Å². The van der Waals surface area contributed by atoms with Crippen molar-refractivity contribution in [2.45, 2.75) is 50.1 Å². The van der Waals surface area contributed by atoms with Crippen LogP contribution in [-0.2, 0) is 5.41 Å². The van der Waals surface area contributed by atoms with Crippen molar-refractivity contribution in [2.75, 3.05) is 18.4 Å². The van der Waals surface area contributed by atoms with Crippen molar-refractivity contribution in [1.29, 1.82) is 0 Å². The molecule has 4 aliphatic rings. The van der Waals surface area contributed by atoms with Crippen LogP contribution in [0.1, 0.15) is 38.2 Å². The lowest BCUT2D eigenvalue weighted by molar-refractivity contribution is 0.0207. The summed E-state index contributed by atoms with van der Waals surface area (Å²) in [6, 6.07) is 10.6. The molecule has 1 saturated carbocycles. The first-order valence-electron chi connectivity index (χ1n) is 8.43. The van der Waals surface area contributed by atoms with Gasteiger partial charge in [-0.05, 0) is 49.3 Å². The molecule has 1 unspecified atom stereocenters. The molecule has 2 bridgehead atoms. The average Bonchev–Trinajstić information content (AvgIpc) is 3.02. The van der Waals surface area contributed by atoms with Gasteiger partial charge in [-0.25, -0.2) is 0 Å². The van der Waals surface area contributed by atoms with Crippen LogP contribution in [-0.4, -0.2) is 30.1 Å². The molecule has 2 saturated heterocycles. The van der Waals surface area contributed by atoms with Crippen LogP contribution in [0.4, 0.5) is 5.69 Å². The van der Waals surface area contributed by atoms with Gasteiger partial charge in [0.2, 0.25) is 0 Å². The summed E-state index contributed by atoms with van der Waals surface area (Å²) in [7, 11) is 0. The van der Waals surface area contributed by atoms with Crippen LogP contribution >= 0.6 is 0 Å². The lowest BCUT2D eigenvalue weighted by atomic mass is 9.59. The fourth-order valence-corrected chi connectivity index (χ4v) is 6.05. The Bertz CT molecular complexity index is 554. The first kappa shape index (κ1) is 11.6. The van der Waals surface area contributed by atoms with E-state index in [2.05, 4.69) is 41.4 Å². The van der Waals surface area contributed by atoms with Crippen LogP contribution in [0, 0.1) is 11.8 Å². The van der Waals surface area contributed by atoms with E-state index in [4.69, 9.17) is 0 Å². The van der Waals surface area contributed by atoms with Crippen molar-refractivity contribution < 1.29 is 0 Å². The summed E-state index contributed by atoms with van der Waals surface area (Å²) in [5.41, 5.74) is 3.50. The van der Waals surface area contributed by atoms with Crippen LogP contribution in [0.15, 0.2) is 24.3 Å². The van der Waals surface area contributed by atoms with Crippen LogP contribution in [0.3, 0.4) is 0 Å². The number of rotatable bonds is 1. The molecule has 0 amide bonds. The van der Waals surface area contributed by atoms with Crippen molar-refractivity contribution in [3.05, 3.63) is 29.8 Å². The maximum atomic E-state index is 3.90. The summed E-state index contributed by atoms with van der Waals surface area (Å²) in [5.74, 6) is 1.90. The highest BCUT2D eigenvalue weighted by Crippen LogP contribution is 2.59. The zero-order chi connectivity index (χ0) is 13.3. The van der Waals surface area contributed by atoms with Gasteiger partial charge in [0, 0.05) is 29.7 Å². The summed E-state index contributed by atoms with van der Waals surface area (Å²) >= 11 is 0. The molecule has 0 aromatic heterocycles. The summed E-state index contributed by atoms with van der Waals surface area (Å²) < 4.78 is 0. The first-order valence-corrected chi connectivity index (χ1v) is 8.43. The smallest absolute Gasteiger partial charge is 0.0382 e. The van der Waals surface area contributed by atoms with E-state index in [9.17, 15) is 0 Å². The number of hydrogen-bond donors (Lipinski definition) is 1. The minimum atomic E-state index is 0.436. The topological polar surface area (TPSA) is 15.3 Å². The van der Waals surface area contributed by atoms with E-state index in [0.29, 0.717) is 11.5 Å². The third-order valence-corrected chi connectivity index (χ3v) is 6.95. The lowest BCUT2D eigenvalue weighted by Gasteiger charge is -2.53. The molecule has 5 atom stereocenters. The van der Waals surface area contributed by atoms with E-state index in [-0.39, 0.29) is 0 Å². The van der Waals surface area contributed by atoms with Gasteiger partial charge in [0.1, 0.15) is 0 Å². The van der Waals surface area contributed by atoms with Gasteiger partial charge in [0.15, 0.2) is 0 Å². The number of hydrogen-bond acceptors (Lipinski definition) is 2. The summed E-state index contributed by atoms with van der Waals surface area (Å²) in [6.07, 6.45) is 5.58. The first-order chi connectivity index (χ1) is 9.83. The van der Waals surface area contributed by atoms with Crippen LogP contribution in [0.2, 0.25) is 0 Å². The molecule has 1 spiro atoms. The fourth-order valence-electron chi connectivity index (χ4n) is 6.05. The average molecular weight is 268 g/mol. The van der Waals surface area contributed by atoms with Crippen molar-refractivity contribution in [1.82, 2.24) is 4.90 Å². The van der Waals surface area contributed by atoms with E-state index < -0.39 is 0 Å². The monoisotopic (exact) mass is 268 g/mol. The molecule has 20 heavy (non-hydrogen) atoms. The molecule has 5 rings (SSSR count). The second-order valence-electron chi connectivity index (χ2n) is 7.44. The number of anilines is 1. The zero-order valence-electron chi connectivity index (χ0n) is 12.3. The summed E-state index contributed by atoms with van der Waals surface area (Å²) in [5, 5.41) is 3.90. The van der Waals surface area contributed by atoms with Crippen molar-refractivity contribution in [3.8, 4) is 0 Å². The van der Waals surface area contributed by atoms with Gasteiger partial charge in [0.25, 0.3) is 0 Å². The Labute approximate surface area is 121 Å². The van der Waals surface area contributed by atoms with Crippen molar-refractivity contribution >= 4 is 5.69 Å². The summed E-state index contributed by atoms with van der Waals surface area (Å²) in [6.45, 7) is 5.07. The predicted molar refractivity (Wildman–Crippen MR) is 82.0 cm³/mol. The maximum Gasteiger partial charge on any atom is 0.0382 e. The second-order valence-corrected chi connectivity index (χ2v) is 7.44. The molecule has 3 heterocycles. The van der Waals surface area contributed by atoms with E-state index in [1.54, 1.807) is 5.56 Å². The SMILES string of the molecule is CCC1CN2CC[C@]34c5ccccc5N[C@H]3C[C@H]1C[C@H]24. The molecule has 0 radical (unpaired) electrons. The molecule has 3 fully saturated rings. The molecular weight excluding hydrogens is 244 g/mol. The van der Waals surface area contributed by atoms with Crippen molar-refractivity contribution in [2.24, 2.45) is 11.8 Å². The number of piperidine rings is 1. The molecule has 1 aliphatic carbocycles. The minimum Gasteiger partial charge on any atom is -0.381 e. The minimum absolute atomic E-state index is 0.436. The molecular formula is C18H24N2. The third kappa shape index (κ3) is 1.21. The van der Waals surface area contributed by atoms with Gasteiger partial charge in [-0.3, -0.25) is 4.90 Å². The highest BCUT2D eigenvalue weighted by atomic mass is 15.2. The van der Waals surface area contributed by atoms with Crippen LogP contribution < -0.4 is 5.32 Å². The van der Waals surface area contributed by atoms with Gasteiger partial charge < -0.3 is 5.32 Å². The van der Waals surface area contributed by atoms with Gasteiger partial charge in [0.05, 0.1) is 0 Å². The van der Waals surface area contributed by atoms with E-state index >= 15 is 0 Å². The van der Waals surface area contributed by atoms with Crippen molar-refractivity contribution in [3.63, 3.8) is 0 Å². The Morgan fingerprint density at radius 2 is 2.20 bits per heavy atom. The molecule has 3 aliphatic heterocycles. The largest absolute Gasteiger partial charge is 0.381 e. The van der Waals surface area contributed by atoms with E-state index in [1.807, 2.05) is 0 Å². The number of nitrogens with zero attached hydrogens (tertiary/aromatic N) is 1. The standard InChI is InChI=1S/C18H24N2/c1-2-12-11-20-8-7-18-14-5-3-4-6-15(14)19-16(18)9-13(12)10-17(18)20/h3-6,12-13,16-17,19H,2,7-11H2,1H3/t12?,13-,16-,17-,18-/m0/s1. The lowest BCUT2D eigenvalue weighted by Crippen LogP contribution is -2.59. The number of nitrogens with one attached hydrogen (secondary N) is 1. The normalized spacial score (nSPS) is 44.9. The molecule has 1 N–H and O–H groups in total. The highest BCUT2D eigenvalue weighted by molar-refractivity contribution is 5.64. The maximum absolute atomic E-state index is 3.90. The molecule has 2 nitrogen and oxygen atoms in total. The number of benzene rings is 1. The Morgan fingerprint density at radius 3 is 3.10 bits per heavy atom. The fraction of sp³-hybridized carbons (Fsp3) is 0.667. The predicted octanol–water partition coefficient (Wildman–Crippen LogP) is 3.24. The molecule has 2 heteroatoms.